The van der Waals surface area contributed by atoms with Crippen LogP contribution in [0.25, 0.3) is 0 Å². The van der Waals surface area contributed by atoms with Gasteiger partial charge >= 0.3 is 0 Å². The third-order valence-corrected chi connectivity index (χ3v) is 4.30. The van der Waals surface area contributed by atoms with Crippen LogP contribution in [0.15, 0.2) is 42.5 Å². The molecule has 2 amide bonds. The minimum Gasteiger partial charge on any atom is -0.329 e. The van der Waals surface area contributed by atoms with Gasteiger partial charge in [-0.15, -0.1) is 0 Å². The van der Waals surface area contributed by atoms with E-state index < -0.39 is 0 Å². The van der Waals surface area contributed by atoms with Gasteiger partial charge in [0.1, 0.15) is 6.54 Å². The Balaban J connectivity index is 2.08. The van der Waals surface area contributed by atoms with Crippen molar-refractivity contribution in [2.75, 3.05) is 18.4 Å². The lowest BCUT2D eigenvalue weighted by molar-refractivity contribution is -0.116. The number of hydrogen-bond acceptors (Lipinski definition) is 3. The number of nitrogens with two attached hydrogens (primary N) is 1. The Labute approximate surface area is 163 Å². The van der Waals surface area contributed by atoms with Crippen LogP contribution in [0.1, 0.15) is 29.3 Å². The third kappa shape index (κ3) is 5.46. The van der Waals surface area contributed by atoms with Crippen LogP contribution in [0, 0.1) is 0 Å². The molecule has 0 atom stereocenters. The van der Waals surface area contributed by atoms with Gasteiger partial charge in [0.15, 0.2) is 0 Å². The quantitative estimate of drug-likeness (QED) is 0.747. The number of carbonyl (C=O) groups is 2. The van der Waals surface area contributed by atoms with Crippen LogP contribution in [0.4, 0.5) is 5.69 Å². The molecule has 2 rings (SSSR count). The summed E-state index contributed by atoms with van der Waals surface area (Å²) in [5.74, 6) is -0.526. The van der Waals surface area contributed by atoms with Crippen LogP contribution in [0.2, 0.25) is 10.0 Å². The highest BCUT2D eigenvalue weighted by atomic mass is 35.5. The molecule has 0 radical (unpaired) electrons. The van der Waals surface area contributed by atoms with Gasteiger partial charge in [0.2, 0.25) is 5.91 Å². The first-order chi connectivity index (χ1) is 12.4. The molecule has 2 aromatic carbocycles. The monoisotopic (exact) mass is 393 g/mol. The third-order valence-electron chi connectivity index (χ3n) is 3.76. The molecule has 2 aromatic rings. The minimum atomic E-state index is -0.324. The number of halogens is 2. The van der Waals surface area contributed by atoms with Crippen LogP contribution < -0.4 is 11.1 Å². The molecule has 0 aliphatic heterocycles. The van der Waals surface area contributed by atoms with Crippen LogP contribution in [0.5, 0.6) is 0 Å². The molecule has 138 valence electrons. The van der Waals surface area contributed by atoms with Crippen molar-refractivity contribution < 1.29 is 9.59 Å². The predicted octanol–water partition coefficient (Wildman–Crippen LogP) is 3.94. The van der Waals surface area contributed by atoms with E-state index in [1.807, 2.05) is 19.1 Å². The molecule has 0 spiro atoms. The summed E-state index contributed by atoms with van der Waals surface area (Å²) >= 11 is 11.9. The van der Waals surface area contributed by atoms with Crippen molar-refractivity contribution in [2.24, 2.45) is 5.73 Å². The van der Waals surface area contributed by atoms with E-state index in [0.29, 0.717) is 34.4 Å². The zero-order chi connectivity index (χ0) is 19.1. The van der Waals surface area contributed by atoms with Gasteiger partial charge in [0, 0.05) is 23.7 Å². The van der Waals surface area contributed by atoms with E-state index >= 15 is 0 Å². The number of carbonyl (C=O) groups excluding carboxylic acids is 2. The number of nitrogens with one attached hydrogen (secondary N) is 1. The molecule has 0 aliphatic carbocycles. The van der Waals surface area contributed by atoms with Crippen LogP contribution >= 0.6 is 23.2 Å². The Hall–Kier alpha value is -2.08. The molecule has 0 heterocycles. The first-order valence-electron chi connectivity index (χ1n) is 8.27. The van der Waals surface area contributed by atoms with E-state index in [9.17, 15) is 9.59 Å². The van der Waals surface area contributed by atoms with Gasteiger partial charge in [0.05, 0.1) is 10.7 Å². The first kappa shape index (κ1) is 20.2. The van der Waals surface area contributed by atoms with Gasteiger partial charge in [-0.3, -0.25) is 9.59 Å². The highest BCUT2D eigenvalue weighted by molar-refractivity contribution is 6.36. The van der Waals surface area contributed by atoms with Crippen LogP contribution in [0.3, 0.4) is 0 Å². The smallest absolute Gasteiger partial charge is 0.254 e. The Morgan fingerprint density at radius 3 is 2.38 bits per heavy atom. The molecule has 0 aromatic heterocycles. The second-order valence-corrected chi connectivity index (χ2v) is 6.64. The highest BCUT2D eigenvalue weighted by Gasteiger charge is 2.18. The van der Waals surface area contributed by atoms with E-state index in [1.54, 1.807) is 30.3 Å². The van der Waals surface area contributed by atoms with E-state index in [0.717, 1.165) is 12.0 Å². The molecule has 26 heavy (non-hydrogen) atoms. The summed E-state index contributed by atoms with van der Waals surface area (Å²) in [6, 6.07) is 11.9. The summed E-state index contributed by atoms with van der Waals surface area (Å²) in [6.07, 6.45) is 0.738. The number of amides is 2. The highest BCUT2D eigenvalue weighted by Crippen LogP contribution is 2.25. The SMILES string of the molecule is CCCN(CC(=O)Nc1ccc(Cl)cc1Cl)C(=O)c1ccc(CN)cc1. The van der Waals surface area contributed by atoms with E-state index in [2.05, 4.69) is 5.32 Å². The summed E-state index contributed by atoms with van der Waals surface area (Å²) in [5, 5.41) is 3.54. The van der Waals surface area contributed by atoms with E-state index in [-0.39, 0.29) is 18.4 Å². The Kier molecular flexibility index (Phi) is 7.45. The van der Waals surface area contributed by atoms with Gasteiger partial charge in [-0.25, -0.2) is 0 Å². The Morgan fingerprint density at radius 2 is 1.81 bits per heavy atom. The minimum absolute atomic E-state index is 0.0652. The van der Waals surface area contributed by atoms with Crippen molar-refractivity contribution in [1.29, 1.82) is 0 Å². The second kappa shape index (κ2) is 9.57. The number of hydrogen-bond donors (Lipinski definition) is 2. The van der Waals surface area contributed by atoms with Crippen molar-refractivity contribution >= 4 is 40.7 Å². The zero-order valence-electron chi connectivity index (χ0n) is 14.5. The van der Waals surface area contributed by atoms with Crippen molar-refractivity contribution in [3.63, 3.8) is 0 Å². The summed E-state index contributed by atoms with van der Waals surface area (Å²) < 4.78 is 0. The van der Waals surface area contributed by atoms with Gasteiger partial charge in [-0.1, -0.05) is 42.3 Å². The lowest BCUT2D eigenvalue weighted by Gasteiger charge is -2.22. The predicted molar refractivity (Wildman–Crippen MR) is 106 cm³/mol. The van der Waals surface area contributed by atoms with Gasteiger partial charge in [0.25, 0.3) is 5.91 Å². The molecule has 7 heteroatoms. The molecule has 0 bridgehead atoms. The molecule has 0 unspecified atom stereocenters. The maximum absolute atomic E-state index is 12.7. The topological polar surface area (TPSA) is 75.4 Å². The zero-order valence-corrected chi connectivity index (χ0v) is 16.0. The molecule has 5 nitrogen and oxygen atoms in total. The summed E-state index contributed by atoms with van der Waals surface area (Å²) in [7, 11) is 0. The average molecular weight is 394 g/mol. The first-order valence-corrected chi connectivity index (χ1v) is 9.03. The number of rotatable bonds is 7. The van der Waals surface area contributed by atoms with Crippen LogP contribution in [-0.4, -0.2) is 29.8 Å². The number of nitrogens with zero attached hydrogens (tertiary/aromatic N) is 1. The lowest BCUT2D eigenvalue weighted by atomic mass is 10.1. The number of anilines is 1. The van der Waals surface area contributed by atoms with Crippen molar-refractivity contribution in [3.8, 4) is 0 Å². The lowest BCUT2D eigenvalue weighted by Crippen LogP contribution is -2.38. The molecular weight excluding hydrogens is 373 g/mol. The van der Waals surface area contributed by atoms with Gasteiger partial charge in [-0.05, 0) is 42.3 Å². The molecular formula is C19H21Cl2N3O2. The second-order valence-electron chi connectivity index (χ2n) is 5.80. The fraction of sp³-hybridized carbons (Fsp3) is 0.263. The largest absolute Gasteiger partial charge is 0.329 e. The normalized spacial score (nSPS) is 10.5. The molecule has 0 aliphatic rings. The standard InChI is InChI=1S/C19H21Cl2N3O2/c1-2-9-24(19(26)14-5-3-13(11-22)4-6-14)12-18(25)23-17-8-7-15(20)10-16(17)21/h3-8,10H,2,9,11-12,22H2,1H3,(H,23,25). The molecule has 0 saturated heterocycles. The van der Waals surface area contributed by atoms with Crippen LogP contribution in [-0.2, 0) is 11.3 Å². The summed E-state index contributed by atoms with van der Waals surface area (Å²) in [5.41, 5.74) is 7.50. The molecule has 0 saturated carbocycles. The molecule has 0 fully saturated rings. The van der Waals surface area contributed by atoms with E-state index in [1.165, 1.54) is 4.90 Å². The van der Waals surface area contributed by atoms with Crippen molar-refractivity contribution in [1.82, 2.24) is 4.90 Å². The average Bonchev–Trinajstić information content (AvgIpc) is 2.63. The summed E-state index contributed by atoms with van der Waals surface area (Å²) in [6.45, 7) is 2.77. The molecule has 3 N–H and O–H groups in total. The maximum Gasteiger partial charge on any atom is 0.254 e. The fourth-order valence-corrected chi connectivity index (χ4v) is 2.90. The Bertz CT molecular complexity index is 779. The fourth-order valence-electron chi connectivity index (χ4n) is 2.44. The van der Waals surface area contributed by atoms with Crippen molar-refractivity contribution in [2.45, 2.75) is 19.9 Å². The number of benzene rings is 2. The van der Waals surface area contributed by atoms with E-state index in [4.69, 9.17) is 28.9 Å². The Morgan fingerprint density at radius 1 is 1.12 bits per heavy atom. The summed E-state index contributed by atoms with van der Waals surface area (Å²) in [4.78, 5) is 26.6. The van der Waals surface area contributed by atoms with Gasteiger partial charge in [-0.2, -0.15) is 0 Å². The maximum atomic E-state index is 12.7. The van der Waals surface area contributed by atoms with Crippen molar-refractivity contribution in [3.05, 3.63) is 63.6 Å². The van der Waals surface area contributed by atoms with Gasteiger partial charge < -0.3 is 16.0 Å².